The summed E-state index contributed by atoms with van der Waals surface area (Å²) in [5, 5.41) is 0. The second-order valence-corrected chi connectivity index (χ2v) is 5.46. The highest BCUT2D eigenvalue weighted by atomic mass is 79.9. The summed E-state index contributed by atoms with van der Waals surface area (Å²) in [7, 11) is 2.02. The van der Waals surface area contributed by atoms with Gasteiger partial charge in [-0.25, -0.2) is 4.39 Å². The van der Waals surface area contributed by atoms with E-state index in [1.807, 2.05) is 7.05 Å². The van der Waals surface area contributed by atoms with Crippen LogP contribution in [0.2, 0.25) is 0 Å². The van der Waals surface area contributed by atoms with Gasteiger partial charge < -0.3 is 14.5 Å². The monoisotopic (exact) mass is 330 g/mol. The molecule has 1 saturated heterocycles. The highest BCUT2D eigenvalue weighted by molar-refractivity contribution is 9.10. The SMILES string of the molecule is CN1CCN(C(=O)COc2cc(Br)ccc2F)CC1. The minimum Gasteiger partial charge on any atom is -0.481 e. The van der Waals surface area contributed by atoms with Gasteiger partial charge in [0.15, 0.2) is 18.2 Å². The van der Waals surface area contributed by atoms with Crippen molar-refractivity contribution in [3.05, 3.63) is 28.5 Å². The summed E-state index contributed by atoms with van der Waals surface area (Å²) < 4.78 is 19.4. The lowest BCUT2D eigenvalue weighted by atomic mass is 10.3. The maximum absolute atomic E-state index is 13.4. The van der Waals surface area contributed by atoms with Gasteiger partial charge in [0.1, 0.15) is 0 Å². The zero-order chi connectivity index (χ0) is 13.8. The Morgan fingerprint density at radius 2 is 2.05 bits per heavy atom. The van der Waals surface area contributed by atoms with E-state index in [0.717, 1.165) is 17.6 Å². The Kier molecular flexibility index (Phi) is 4.76. The summed E-state index contributed by atoms with van der Waals surface area (Å²) >= 11 is 3.24. The van der Waals surface area contributed by atoms with Crippen molar-refractivity contribution in [2.45, 2.75) is 0 Å². The topological polar surface area (TPSA) is 32.8 Å². The molecular formula is C13H16BrFN2O2. The molecule has 1 heterocycles. The fourth-order valence-corrected chi connectivity index (χ4v) is 2.21. The molecule has 1 fully saturated rings. The summed E-state index contributed by atoms with van der Waals surface area (Å²) in [5.41, 5.74) is 0. The van der Waals surface area contributed by atoms with Crippen LogP contribution in [-0.2, 0) is 4.79 Å². The van der Waals surface area contributed by atoms with E-state index in [-0.39, 0.29) is 18.3 Å². The molecule has 0 unspecified atom stereocenters. The summed E-state index contributed by atoms with van der Waals surface area (Å²) in [6.45, 7) is 2.98. The fourth-order valence-electron chi connectivity index (χ4n) is 1.87. The zero-order valence-corrected chi connectivity index (χ0v) is 12.3. The molecule has 0 N–H and O–H groups in total. The number of nitrogens with zero attached hydrogens (tertiary/aromatic N) is 2. The smallest absolute Gasteiger partial charge is 0.260 e. The number of benzene rings is 1. The highest BCUT2D eigenvalue weighted by Crippen LogP contribution is 2.22. The number of likely N-dealkylation sites (N-methyl/N-ethyl adjacent to an activating group) is 1. The van der Waals surface area contributed by atoms with Gasteiger partial charge in [-0.1, -0.05) is 15.9 Å². The van der Waals surface area contributed by atoms with Gasteiger partial charge in [-0.15, -0.1) is 0 Å². The summed E-state index contributed by atoms with van der Waals surface area (Å²) in [6.07, 6.45) is 0. The summed E-state index contributed by atoms with van der Waals surface area (Å²) in [4.78, 5) is 15.8. The van der Waals surface area contributed by atoms with Gasteiger partial charge in [-0.05, 0) is 25.2 Å². The maximum atomic E-state index is 13.4. The molecule has 0 aliphatic carbocycles. The lowest BCUT2D eigenvalue weighted by Gasteiger charge is -2.32. The van der Waals surface area contributed by atoms with E-state index in [1.54, 1.807) is 11.0 Å². The number of rotatable bonds is 3. The third-order valence-corrected chi connectivity index (χ3v) is 3.59. The quantitative estimate of drug-likeness (QED) is 0.846. The predicted molar refractivity (Wildman–Crippen MR) is 73.7 cm³/mol. The lowest BCUT2D eigenvalue weighted by Crippen LogP contribution is -2.48. The number of carbonyl (C=O) groups is 1. The number of hydrogen-bond acceptors (Lipinski definition) is 3. The average Bonchev–Trinajstić information content (AvgIpc) is 2.40. The van der Waals surface area contributed by atoms with E-state index in [4.69, 9.17) is 4.74 Å². The van der Waals surface area contributed by atoms with Crippen LogP contribution in [-0.4, -0.2) is 55.5 Å². The first-order valence-corrected chi connectivity index (χ1v) is 6.90. The molecule has 0 spiro atoms. The number of halogens is 2. The number of carbonyl (C=O) groups excluding carboxylic acids is 1. The van der Waals surface area contributed by atoms with Crippen molar-refractivity contribution in [1.82, 2.24) is 9.80 Å². The number of piperazine rings is 1. The van der Waals surface area contributed by atoms with Crippen LogP contribution in [0.3, 0.4) is 0 Å². The first-order valence-electron chi connectivity index (χ1n) is 6.10. The van der Waals surface area contributed by atoms with Gasteiger partial charge in [-0.3, -0.25) is 4.79 Å². The lowest BCUT2D eigenvalue weighted by molar-refractivity contribution is -0.134. The minimum atomic E-state index is -0.464. The first kappa shape index (κ1) is 14.3. The molecular weight excluding hydrogens is 315 g/mol. The predicted octanol–water partition coefficient (Wildman–Crippen LogP) is 1.74. The van der Waals surface area contributed by atoms with Crippen LogP contribution in [0, 0.1) is 5.82 Å². The molecule has 1 amide bonds. The molecule has 6 heteroatoms. The Morgan fingerprint density at radius 1 is 1.37 bits per heavy atom. The molecule has 0 atom stereocenters. The van der Waals surface area contributed by atoms with Crippen molar-refractivity contribution in [2.75, 3.05) is 39.8 Å². The molecule has 2 rings (SSSR count). The second-order valence-electron chi connectivity index (χ2n) is 4.55. The molecule has 104 valence electrons. The molecule has 1 aromatic carbocycles. The van der Waals surface area contributed by atoms with Gasteiger partial charge >= 0.3 is 0 Å². The number of ether oxygens (including phenoxy) is 1. The van der Waals surface area contributed by atoms with Crippen LogP contribution in [0.5, 0.6) is 5.75 Å². The highest BCUT2D eigenvalue weighted by Gasteiger charge is 2.19. The Morgan fingerprint density at radius 3 is 2.74 bits per heavy atom. The second kappa shape index (κ2) is 6.34. The minimum absolute atomic E-state index is 0.0943. The van der Waals surface area contributed by atoms with Crippen molar-refractivity contribution in [1.29, 1.82) is 0 Å². The van der Waals surface area contributed by atoms with E-state index < -0.39 is 5.82 Å². The van der Waals surface area contributed by atoms with Crippen molar-refractivity contribution < 1.29 is 13.9 Å². The van der Waals surface area contributed by atoms with E-state index in [1.165, 1.54) is 12.1 Å². The normalized spacial score (nSPS) is 16.5. The van der Waals surface area contributed by atoms with Crippen LogP contribution in [0.4, 0.5) is 4.39 Å². The molecule has 0 radical (unpaired) electrons. The Labute approximate surface area is 120 Å². The van der Waals surface area contributed by atoms with E-state index in [0.29, 0.717) is 13.1 Å². The van der Waals surface area contributed by atoms with Crippen LogP contribution < -0.4 is 4.74 Å². The first-order chi connectivity index (χ1) is 9.06. The van der Waals surface area contributed by atoms with Crippen molar-refractivity contribution in [3.8, 4) is 5.75 Å². The fraction of sp³-hybridized carbons (Fsp3) is 0.462. The summed E-state index contributed by atoms with van der Waals surface area (Å²) in [5.74, 6) is -0.473. The average molecular weight is 331 g/mol. The third kappa shape index (κ3) is 3.91. The largest absolute Gasteiger partial charge is 0.481 e. The van der Waals surface area contributed by atoms with Crippen molar-refractivity contribution in [3.63, 3.8) is 0 Å². The molecule has 0 bridgehead atoms. The van der Waals surface area contributed by atoms with Gasteiger partial charge in [0.25, 0.3) is 5.91 Å². The van der Waals surface area contributed by atoms with Gasteiger partial charge in [0.2, 0.25) is 0 Å². The standard InChI is InChI=1S/C13H16BrFN2O2/c1-16-4-6-17(7-5-16)13(18)9-19-12-8-10(14)2-3-11(12)15/h2-3,8H,4-7,9H2,1H3. The number of hydrogen-bond donors (Lipinski definition) is 0. The molecule has 1 aromatic rings. The van der Waals surface area contributed by atoms with Crippen molar-refractivity contribution >= 4 is 21.8 Å². The van der Waals surface area contributed by atoms with Crippen LogP contribution in [0.25, 0.3) is 0 Å². The van der Waals surface area contributed by atoms with Crippen LogP contribution in [0.1, 0.15) is 0 Å². The van der Waals surface area contributed by atoms with Crippen LogP contribution >= 0.6 is 15.9 Å². The van der Waals surface area contributed by atoms with Gasteiger partial charge in [0, 0.05) is 30.7 Å². The van der Waals surface area contributed by atoms with E-state index in [2.05, 4.69) is 20.8 Å². The third-order valence-electron chi connectivity index (χ3n) is 3.10. The Bertz CT molecular complexity index is 462. The molecule has 1 aliphatic heterocycles. The maximum Gasteiger partial charge on any atom is 0.260 e. The van der Waals surface area contributed by atoms with Crippen molar-refractivity contribution in [2.24, 2.45) is 0 Å². The summed E-state index contributed by atoms with van der Waals surface area (Å²) in [6, 6.07) is 4.41. The molecule has 19 heavy (non-hydrogen) atoms. The Hall–Kier alpha value is -1.14. The molecule has 1 aliphatic rings. The van der Waals surface area contributed by atoms with Crippen LogP contribution in [0.15, 0.2) is 22.7 Å². The molecule has 4 nitrogen and oxygen atoms in total. The molecule has 0 saturated carbocycles. The van der Waals surface area contributed by atoms with Gasteiger partial charge in [0.05, 0.1) is 0 Å². The van der Waals surface area contributed by atoms with E-state index in [9.17, 15) is 9.18 Å². The van der Waals surface area contributed by atoms with E-state index >= 15 is 0 Å². The van der Waals surface area contributed by atoms with Gasteiger partial charge in [-0.2, -0.15) is 0 Å². The zero-order valence-electron chi connectivity index (χ0n) is 10.7. The molecule has 0 aromatic heterocycles. The Balaban J connectivity index is 1.88. The number of amides is 1.